The Kier molecular flexibility index (Phi) is 8.62. The Labute approximate surface area is 116 Å². The van der Waals surface area contributed by atoms with E-state index in [0.29, 0.717) is 6.42 Å². The van der Waals surface area contributed by atoms with Crippen LogP contribution in [0.25, 0.3) is 0 Å². The van der Waals surface area contributed by atoms with Crippen LogP contribution in [-0.4, -0.2) is 45.0 Å². The molecule has 0 bridgehead atoms. The molecular formula is C13H23NO4S. The van der Waals surface area contributed by atoms with E-state index in [1.54, 1.807) is 14.2 Å². The molecule has 6 heteroatoms. The number of aliphatic hydroxyl groups is 1. The second-order valence-corrected chi connectivity index (χ2v) is 6.44. The summed E-state index contributed by atoms with van der Waals surface area (Å²) in [6.07, 6.45) is 3.21. The maximum Gasteiger partial charge on any atom is 0.137 e. The third-order valence-corrected chi connectivity index (χ3v) is 4.99. The van der Waals surface area contributed by atoms with E-state index in [4.69, 9.17) is 19.2 Å². The van der Waals surface area contributed by atoms with Crippen LogP contribution in [0, 0.1) is 0 Å². The molecule has 3 N–H and O–H groups in total. The van der Waals surface area contributed by atoms with Crippen LogP contribution in [0.4, 0.5) is 0 Å². The SMILES string of the molecule is CO.COS(C)(OC)c1cccc(CC(N)C=O)c1. The lowest BCUT2D eigenvalue weighted by Crippen LogP contribution is -2.24. The second kappa shape index (κ2) is 9.06. The fourth-order valence-corrected chi connectivity index (χ4v) is 2.70. The molecule has 0 fully saturated rings. The molecule has 0 radical (unpaired) electrons. The zero-order chi connectivity index (χ0) is 14.9. The van der Waals surface area contributed by atoms with E-state index in [1.807, 2.05) is 30.5 Å². The van der Waals surface area contributed by atoms with Crippen LogP contribution < -0.4 is 5.73 Å². The Morgan fingerprint density at radius 2 is 1.95 bits per heavy atom. The van der Waals surface area contributed by atoms with E-state index in [1.165, 1.54) is 0 Å². The van der Waals surface area contributed by atoms with Crippen LogP contribution >= 0.6 is 10.6 Å². The van der Waals surface area contributed by atoms with Crippen molar-refractivity contribution in [2.24, 2.45) is 5.73 Å². The second-order valence-electron chi connectivity index (χ2n) is 3.76. The Balaban J connectivity index is 0.00000154. The Morgan fingerprint density at radius 3 is 2.42 bits per heavy atom. The van der Waals surface area contributed by atoms with Crippen molar-refractivity contribution in [3.05, 3.63) is 29.8 Å². The number of hydrogen-bond donors (Lipinski definition) is 2. The van der Waals surface area contributed by atoms with Crippen LogP contribution in [0.2, 0.25) is 0 Å². The van der Waals surface area contributed by atoms with Crippen LogP contribution in [-0.2, 0) is 19.6 Å². The van der Waals surface area contributed by atoms with Crippen molar-refractivity contribution in [2.75, 3.05) is 27.6 Å². The quantitative estimate of drug-likeness (QED) is 0.771. The highest BCUT2D eigenvalue weighted by Gasteiger charge is 2.15. The molecule has 1 aromatic rings. The van der Waals surface area contributed by atoms with Gasteiger partial charge in [0.15, 0.2) is 0 Å². The summed E-state index contributed by atoms with van der Waals surface area (Å²) in [7, 11) is 2.57. The van der Waals surface area contributed by atoms with Gasteiger partial charge in [-0.25, -0.2) is 0 Å². The van der Waals surface area contributed by atoms with Crippen LogP contribution in [0.5, 0.6) is 0 Å². The average molecular weight is 289 g/mol. The molecule has 0 aliphatic rings. The molecule has 1 unspecified atom stereocenters. The molecule has 0 saturated carbocycles. The van der Waals surface area contributed by atoms with Crippen molar-refractivity contribution < 1.29 is 18.3 Å². The summed E-state index contributed by atoms with van der Waals surface area (Å²) >= 11 is 0. The van der Waals surface area contributed by atoms with Gasteiger partial charge in [-0.3, -0.25) is 8.37 Å². The lowest BCUT2D eigenvalue weighted by Gasteiger charge is -2.37. The summed E-state index contributed by atoms with van der Waals surface area (Å²) in [4.78, 5) is 11.5. The third kappa shape index (κ3) is 5.30. The fourth-order valence-electron chi connectivity index (χ4n) is 1.48. The zero-order valence-corrected chi connectivity index (χ0v) is 12.6. The maximum absolute atomic E-state index is 10.5. The minimum Gasteiger partial charge on any atom is -0.400 e. The van der Waals surface area contributed by atoms with Crippen molar-refractivity contribution >= 4 is 16.9 Å². The highest BCUT2D eigenvalue weighted by molar-refractivity contribution is 8.25. The van der Waals surface area contributed by atoms with Gasteiger partial charge in [0.2, 0.25) is 0 Å². The molecule has 0 spiro atoms. The van der Waals surface area contributed by atoms with Crippen LogP contribution in [0.3, 0.4) is 0 Å². The van der Waals surface area contributed by atoms with Gasteiger partial charge in [0.25, 0.3) is 0 Å². The molecule has 1 aromatic carbocycles. The average Bonchev–Trinajstić information content (AvgIpc) is 2.48. The summed E-state index contributed by atoms with van der Waals surface area (Å²) in [5.74, 6) is 0. The number of aliphatic hydroxyl groups excluding tert-OH is 1. The van der Waals surface area contributed by atoms with E-state index < -0.39 is 16.6 Å². The number of hydrogen-bond acceptors (Lipinski definition) is 5. The van der Waals surface area contributed by atoms with E-state index >= 15 is 0 Å². The van der Waals surface area contributed by atoms with Crippen LogP contribution in [0.15, 0.2) is 29.2 Å². The van der Waals surface area contributed by atoms with Gasteiger partial charge >= 0.3 is 0 Å². The monoisotopic (exact) mass is 289 g/mol. The van der Waals surface area contributed by atoms with Crippen molar-refractivity contribution in [2.45, 2.75) is 17.4 Å². The lowest BCUT2D eigenvalue weighted by atomic mass is 10.1. The van der Waals surface area contributed by atoms with Crippen molar-refractivity contribution in [1.29, 1.82) is 0 Å². The molecule has 0 aromatic heterocycles. The molecule has 5 nitrogen and oxygen atoms in total. The number of benzene rings is 1. The lowest BCUT2D eigenvalue weighted by molar-refractivity contribution is -0.108. The predicted octanol–water partition coefficient (Wildman–Crippen LogP) is 1.28. The van der Waals surface area contributed by atoms with Gasteiger partial charge in [0, 0.05) is 13.4 Å². The number of nitrogens with two attached hydrogens (primary N) is 1. The standard InChI is InChI=1S/C12H19NO3S.CH4O/c1-15-17(3,16-2)12-6-4-5-10(8-12)7-11(13)9-14;1-2/h4-6,8-9,11H,7,13H2,1-3H3;2H,1H3. The van der Waals surface area contributed by atoms with E-state index in [9.17, 15) is 4.79 Å². The molecule has 19 heavy (non-hydrogen) atoms. The van der Waals surface area contributed by atoms with E-state index in [-0.39, 0.29) is 0 Å². The normalized spacial score (nSPS) is 13.2. The van der Waals surface area contributed by atoms with Gasteiger partial charge in [-0.1, -0.05) is 12.1 Å². The molecular weight excluding hydrogens is 266 g/mol. The van der Waals surface area contributed by atoms with Gasteiger partial charge < -0.3 is 15.6 Å². The topological polar surface area (TPSA) is 81.8 Å². The molecule has 0 heterocycles. The van der Waals surface area contributed by atoms with Crippen molar-refractivity contribution in [1.82, 2.24) is 0 Å². The predicted molar refractivity (Wildman–Crippen MR) is 78.1 cm³/mol. The summed E-state index contributed by atoms with van der Waals surface area (Å²) in [6.45, 7) is 0. The highest BCUT2D eigenvalue weighted by Crippen LogP contribution is 2.53. The largest absolute Gasteiger partial charge is 0.400 e. The smallest absolute Gasteiger partial charge is 0.137 e. The first-order chi connectivity index (χ1) is 9.05. The summed E-state index contributed by atoms with van der Waals surface area (Å²) in [5, 5.41) is 7.00. The Morgan fingerprint density at radius 1 is 1.37 bits per heavy atom. The van der Waals surface area contributed by atoms with E-state index in [2.05, 4.69) is 0 Å². The van der Waals surface area contributed by atoms with Crippen LogP contribution in [0.1, 0.15) is 5.56 Å². The van der Waals surface area contributed by atoms with Gasteiger partial charge in [-0.05, 0) is 24.1 Å². The molecule has 0 amide bonds. The van der Waals surface area contributed by atoms with Crippen molar-refractivity contribution in [3.8, 4) is 0 Å². The molecule has 0 aliphatic heterocycles. The minimum atomic E-state index is -1.69. The van der Waals surface area contributed by atoms with Gasteiger partial charge in [0.1, 0.15) is 6.29 Å². The Bertz CT molecular complexity index is 383. The summed E-state index contributed by atoms with van der Waals surface area (Å²) in [6, 6.07) is 7.34. The molecule has 110 valence electrons. The number of carbonyl (C=O) groups excluding carboxylic acids is 1. The molecule has 0 aliphatic carbocycles. The van der Waals surface area contributed by atoms with Gasteiger partial charge in [0.05, 0.1) is 25.2 Å². The first-order valence-corrected chi connectivity index (χ1v) is 7.59. The Hall–Kier alpha value is -0.920. The number of rotatable bonds is 6. The first kappa shape index (κ1) is 18.1. The minimum absolute atomic E-state index is 0.461. The first-order valence-electron chi connectivity index (χ1n) is 5.69. The van der Waals surface area contributed by atoms with E-state index in [0.717, 1.165) is 23.9 Å². The molecule has 1 atom stereocenters. The maximum atomic E-state index is 10.5. The molecule has 1 rings (SSSR count). The number of carbonyl (C=O) groups is 1. The highest BCUT2D eigenvalue weighted by atomic mass is 32.3. The van der Waals surface area contributed by atoms with Crippen molar-refractivity contribution in [3.63, 3.8) is 0 Å². The third-order valence-electron chi connectivity index (χ3n) is 2.61. The fraction of sp³-hybridized carbons (Fsp3) is 0.462. The summed E-state index contributed by atoms with van der Waals surface area (Å²) in [5.41, 5.74) is 6.61. The van der Waals surface area contributed by atoms with Gasteiger partial charge in [-0.2, -0.15) is 10.6 Å². The number of aldehydes is 1. The summed E-state index contributed by atoms with van der Waals surface area (Å²) < 4.78 is 10.8. The zero-order valence-electron chi connectivity index (χ0n) is 11.8. The van der Waals surface area contributed by atoms with Gasteiger partial charge in [-0.15, -0.1) is 0 Å². The molecule has 0 saturated heterocycles.